The standard InChI is InChI=1S/C16H16O/c1-17-16-10-6-5-9-13(16)15-11-14(15)12-7-3-2-4-8-12/h2-10,14-15H,11H2,1H3/t14-,15+/m1/s1. The van der Waals surface area contributed by atoms with Crippen LogP contribution in [-0.2, 0) is 0 Å². The van der Waals surface area contributed by atoms with Gasteiger partial charge in [0, 0.05) is 0 Å². The third-order valence-corrected chi connectivity index (χ3v) is 3.56. The molecule has 0 spiro atoms. The molecule has 1 aliphatic carbocycles. The summed E-state index contributed by atoms with van der Waals surface area (Å²) in [6.07, 6.45) is 1.24. The third kappa shape index (κ3) is 1.93. The molecule has 0 aliphatic heterocycles. The lowest BCUT2D eigenvalue weighted by atomic mass is 10.0. The van der Waals surface area contributed by atoms with Crippen molar-refractivity contribution in [3.63, 3.8) is 0 Å². The Morgan fingerprint density at radius 2 is 1.59 bits per heavy atom. The first-order valence-electron chi connectivity index (χ1n) is 6.08. The lowest BCUT2D eigenvalue weighted by Gasteiger charge is -2.07. The van der Waals surface area contributed by atoms with Crippen molar-refractivity contribution in [2.45, 2.75) is 18.3 Å². The molecule has 0 aromatic heterocycles. The van der Waals surface area contributed by atoms with Crippen LogP contribution in [0.3, 0.4) is 0 Å². The molecule has 1 heteroatoms. The van der Waals surface area contributed by atoms with Gasteiger partial charge in [0.15, 0.2) is 0 Å². The maximum absolute atomic E-state index is 5.43. The summed E-state index contributed by atoms with van der Waals surface area (Å²) in [7, 11) is 1.75. The second-order valence-corrected chi connectivity index (χ2v) is 4.60. The molecule has 1 saturated carbocycles. The average molecular weight is 224 g/mol. The molecule has 2 atom stereocenters. The first-order chi connectivity index (χ1) is 8.40. The third-order valence-electron chi connectivity index (χ3n) is 3.56. The summed E-state index contributed by atoms with van der Waals surface area (Å²) in [5, 5.41) is 0. The number of hydrogen-bond acceptors (Lipinski definition) is 1. The highest BCUT2D eigenvalue weighted by molar-refractivity contribution is 5.44. The van der Waals surface area contributed by atoms with Crippen molar-refractivity contribution in [3.8, 4) is 5.75 Å². The van der Waals surface area contributed by atoms with Crippen LogP contribution in [0, 0.1) is 0 Å². The SMILES string of the molecule is COc1ccccc1[C@@H]1C[C@@H]1c1ccccc1. The minimum Gasteiger partial charge on any atom is -0.496 e. The van der Waals surface area contributed by atoms with Gasteiger partial charge in [-0.1, -0.05) is 48.5 Å². The highest BCUT2D eigenvalue weighted by Gasteiger charge is 2.40. The second-order valence-electron chi connectivity index (χ2n) is 4.60. The zero-order valence-corrected chi connectivity index (χ0v) is 9.97. The van der Waals surface area contributed by atoms with Crippen LogP contribution in [0.5, 0.6) is 5.75 Å². The summed E-state index contributed by atoms with van der Waals surface area (Å²) in [5.41, 5.74) is 2.80. The lowest BCUT2D eigenvalue weighted by molar-refractivity contribution is 0.409. The number of para-hydroxylation sites is 1. The fourth-order valence-corrected chi connectivity index (χ4v) is 2.58. The zero-order valence-electron chi connectivity index (χ0n) is 9.97. The van der Waals surface area contributed by atoms with E-state index in [-0.39, 0.29) is 0 Å². The largest absolute Gasteiger partial charge is 0.496 e. The molecule has 3 rings (SSSR count). The Kier molecular flexibility index (Phi) is 2.60. The quantitative estimate of drug-likeness (QED) is 0.766. The Hall–Kier alpha value is -1.76. The molecule has 0 heterocycles. The Morgan fingerprint density at radius 1 is 0.882 bits per heavy atom. The van der Waals surface area contributed by atoms with Crippen molar-refractivity contribution in [3.05, 3.63) is 65.7 Å². The van der Waals surface area contributed by atoms with Gasteiger partial charge in [-0.05, 0) is 35.4 Å². The maximum Gasteiger partial charge on any atom is 0.122 e. The molecule has 86 valence electrons. The van der Waals surface area contributed by atoms with Crippen LogP contribution in [-0.4, -0.2) is 7.11 Å². The van der Waals surface area contributed by atoms with Gasteiger partial charge in [-0.15, -0.1) is 0 Å². The summed E-state index contributed by atoms with van der Waals surface area (Å²) in [6, 6.07) is 19.1. The molecule has 1 nitrogen and oxygen atoms in total. The highest BCUT2D eigenvalue weighted by Crippen LogP contribution is 2.56. The van der Waals surface area contributed by atoms with Crippen molar-refractivity contribution in [2.24, 2.45) is 0 Å². The number of benzene rings is 2. The van der Waals surface area contributed by atoms with Gasteiger partial charge >= 0.3 is 0 Å². The van der Waals surface area contributed by atoms with E-state index in [0.717, 1.165) is 5.75 Å². The van der Waals surface area contributed by atoms with E-state index in [1.807, 2.05) is 6.07 Å². The predicted molar refractivity (Wildman–Crippen MR) is 69.5 cm³/mol. The molecule has 0 unspecified atom stereocenters. The van der Waals surface area contributed by atoms with Crippen LogP contribution in [0.2, 0.25) is 0 Å². The minimum absolute atomic E-state index is 0.633. The molecule has 2 aromatic rings. The van der Waals surface area contributed by atoms with Gasteiger partial charge in [0.1, 0.15) is 5.75 Å². The van der Waals surface area contributed by atoms with Gasteiger partial charge in [0.2, 0.25) is 0 Å². The zero-order chi connectivity index (χ0) is 11.7. The lowest BCUT2D eigenvalue weighted by Crippen LogP contribution is -1.90. The van der Waals surface area contributed by atoms with E-state index < -0.39 is 0 Å². The Labute approximate surface area is 102 Å². The van der Waals surface area contributed by atoms with Gasteiger partial charge in [-0.25, -0.2) is 0 Å². The van der Waals surface area contributed by atoms with E-state index >= 15 is 0 Å². The van der Waals surface area contributed by atoms with E-state index in [1.54, 1.807) is 7.11 Å². The number of ether oxygens (including phenoxy) is 1. The fraction of sp³-hybridized carbons (Fsp3) is 0.250. The Bertz CT molecular complexity index is 504. The van der Waals surface area contributed by atoms with Gasteiger partial charge in [0.05, 0.1) is 7.11 Å². The molecule has 2 aromatic carbocycles. The van der Waals surface area contributed by atoms with E-state index in [9.17, 15) is 0 Å². The predicted octanol–water partition coefficient (Wildman–Crippen LogP) is 3.97. The van der Waals surface area contributed by atoms with Crippen molar-refractivity contribution in [2.75, 3.05) is 7.11 Å². The van der Waals surface area contributed by atoms with Gasteiger partial charge in [-0.3, -0.25) is 0 Å². The Morgan fingerprint density at radius 3 is 2.35 bits per heavy atom. The summed E-state index contributed by atoms with van der Waals surface area (Å²) in [4.78, 5) is 0. The first-order valence-corrected chi connectivity index (χ1v) is 6.08. The van der Waals surface area contributed by atoms with Crippen molar-refractivity contribution in [1.82, 2.24) is 0 Å². The molecule has 0 radical (unpaired) electrons. The van der Waals surface area contributed by atoms with Crippen molar-refractivity contribution >= 4 is 0 Å². The summed E-state index contributed by atoms with van der Waals surface area (Å²) < 4.78 is 5.43. The van der Waals surface area contributed by atoms with Gasteiger partial charge in [0.25, 0.3) is 0 Å². The number of rotatable bonds is 3. The molecule has 0 bridgehead atoms. The topological polar surface area (TPSA) is 9.23 Å². The van der Waals surface area contributed by atoms with E-state index in [1.165, 1.54) is 17.5 Å². The summed E-state index contributed by atoms with van der Waals surface area (Å²) in [5.74, 6) is 2.33. The normalized spacial score (nSPS) is 22.2. The number of hydrogen-bond donors (Lipinski definition) is 0. The van der Waals surface area contributed by atoms with Crippen LogP contribution in [0.4, 0.5) is 0 Å². The first kappa shape index (κ1) is 10.4. The summed E-state index contributed by atoms with van der Waals surface area (Å²) in [6.45, 7) is 0. The molecule has 0 N–H and O–H groups in total. The smallest absolute Gasteiger partial charge is 0.122 e. The van der Waals surface area contributed by atoms with E-state index in [4.69, 9.17) is 4.74 Å². The van der Waals surface area contributed by atoms with Crippen LogP contribution in [0.15, 0.2) is 54.6 Å². The number of methoxy groups -OCH3 is 1. The highest BCUT2D eigenvalue weighted by atomic mass is 16.5. The average Bonchev–Trinajstić information content (AvgIpc) is 3.20. The fourth-order valence-electron chi connectivity index (χ4n) is 2.58. The molecule has 17 heavy (non-hydrogen) atoms. The second kappa shape index (κ2) is 4.25. The monoisotopic (exact) mass is 224 g/mol. The van der Waals surface area contributed by atoms with Crippen LogP contribution < -0.4 is 4.74 Å². The Balaban J connectivity index is 1.85. The molecule has 0 saturated heterocycles. The molecule has 1 aliphatic rings. The van der Waals surface area contributed by atoms with Crippen LogP contribution in [0.1, 0.15) is 29.4 Å². The molecular formula is C16H16O. The van der Waals surface area contributed by atoms with E-state index in [2.05, 4.69) is 48.5 Å². The van der Waals surface area contributed by atoms with Crippen molar-refractivity contribution < 1.29 is 4.74 Å². The van der Waals surface area contributed by atoms with Gasteiger partial charge in [-0.2, -0.15) is 0 Å². The molecule has 1 fully saturated rings. The summed E-state index contributed by atoms with van der Waals surface area (Å²) >= 11 is 0. The van der Waals surface area contributed by atoms with Crippen molar-refractivity contribution in [1.29, 1.82) is 0 Å². The molecule has 0 amide bonds. The van der Waals surface area contributed by atoms with Crippen LogP contribution >= 0.6 is 0 Å². The minimum atomic E-state index is 0.633. The maximum atomic E-state index is 5.43. The van der Waals surface area contributed by atoms with Crippen LogP contribution in [0.25, 0.3) is 0 Å². The van der Waals surface area contributed by atoms with E-state index in [0.29, 0.717) is 11.8 Å². The van der Waals surface area contributed by atoms with Gasteiger partial charge < -0.3 is 4.74 Å². The molecular weight excluding hydrogens is 208 g/mol.